The van der Waals surface area contributed by atoms with E-state index >= 15 is 0 Å². The van der Waals surface area contributed by atoms with E-state index in [0.29, 0.717) is 6.42 Å². The Morgan fingerprint density at radius 1 is 1.31 bits per heavy atom. The van der Waals surface area contributed by atoms with Crippen molar-refractivity contribution in [1.82, 2.24) is 5.32 Å². The Kier molecular flexibility index (Phi) is 6.72. The molecule has 1 amide bonds. The molecule has 0 aromatic rings. The fraction of sp³-hybridized carbons (Fsp3) is 0.818. The average Bonchev–Trinajstić information content (AvgIpc) is 2.12. The lowest BCUT2D eigenvalue weighted by Gasteiger charge is -2.20. The van der Waals surface area contributed by atoms with Crippen molar-refractivity contribution in [2.24, 2.45) is 5.92 Å². The summed E-state index contributed by atoms with van der Waals surface area (Å²) < 4.78 is 4.96. The molecule has 5 heteroatoms. The van der Waals surface area contributed by atoms with Crippen LogP contribution in [-0.4, -0.2) is 35.7 Å². The SMILES string of the molecule is CC(=O)NC(C(=O)OCCC(C)O)C(C)C. The number of rotatable bonds is 6. The molecule has 0 rings (SSSR count). The molecule has 0 aromatic heterocycles. The first-order valence-corrected chi connectivity index (χ1v) is 5.46. The van der Waals surface area contributed by atoms with Crippen molar-refractivity contribution >= 4 is 11.9 Å². The van der Waals surface area contributed by atoms with Crippen molar-refractivity contribution in [2.75, 3.05) is 6.61 Å². The van der Waals surface area contributed by atoms with Gasteiger partial charge in [-0.1, -0.05) is 13.8 Å². The second-order valence-electron chi connectivity index (χ2n) is 4.23. The van der Waals surface area contributed by atoms with Gasteiger partial charge in [-0.3, -0.25) is 4.79 Å². The standard InChI is InChI=1S/C11H21NO4/c1-7(2)10(12-9(4)14)11(15)16-6-5-8(3)13/h7-8,10,13H,5-6H2,1-4H3,(H,12,14). The summed E-state index contributed by atoms with van der Waals surface area (Å²) in [6.07, 6.45) is -0.0950. The van der Waals surface area contributed by atoms with Crippen molar-refractivity contribution in [3.8, 4) is 0 Å². The zero-order valence-electron chi connectivity index (χ0n) is 10.3. The van der Waals surface area contributed by atoms with E-state index in [0.717, 1.165) is 0 Å². The first-order valence-electron chi connectivity index (χ1n) is 5.46. The molecule has 0 radical (unpaired) electrons. The minimum absolute atomic E-state index is 0.0250. The van der Waals surface area contributed by atoms with Crippen LogP contribution in [0.4, 0.5) is 0 Å². The molecule has 0 fully saturated rings. The molecular formula is C11H21NO4. The van der Waals surface area contributed by atoms with E-state index in [1.165, 1.54) is 6.92 Å². The van der Waals surface area contributed by atoms with E-state index in [1.54, 1.807) is 6.92 Å². The van der Waals surface area contributed by atoms with Gasteiger partial charge in [0.2, 0.25) is 5.91 Å². The fourth-order valence-corrected chi connectivity index (χ4v) is 1.14. The molecule has 0 aliphatic heterocycles. The van der Waals surface area contributed by atoms with Crippen LogP contribution in [0.5, 0.6) is 0 Å². The molecule has 0 aliphatic rings. The number of carbonyl (C=O) groups is 2. The summed E-state index contributed by atoms with van der Waals surface area (Å²) in [6, 6.07) is -0.619. The summed E-state index contributed by atoms with van der Waals surface area (Å²) in [7, 11) is 0. The first-order chi connectivity index (χ1) is 7.34. The molecule has 0 saturated carbocycles. The van der Waals surface area contributed by atoms with Gasteiger partial charge in [0.15, 0.2) is 0 Å². The molecule has 0 aliphatic carbocycles. The predicted octanol–water partition coefficient (Wildman–Crippen LogP) is 0.461. The molecule has 0 heterocycles. The number of aliphatic hydroxyl groups excluding tert-OH is 1. The maximum Gasteiger partial charge on any atom is 0.328 e. The van der Waals surface area contributed by atoms with Gasteiger partial charge in [0.25, 0.3) is 0 Å². The van der Waals surface area contributed by atoms with Gasteiger partial charge >= 0.3 is 5.97 Å². The third kappa shape index (κ3) is 6.40. The molecule has 2 atom stereocenters. The molecule has 2 N–H and O–H groups in total. The van der Waals surface area contributed by atoms with Crippen molar-refractivity contribution in [3.05, 3.63) is 0 Å². The van der Waals surface area contributed by atoms with Crippen LogP contribution in [0.2, 0.25) is 0 Å². The molecular weight excluding hydrogens is 210 g/mol. The van der Waals surface area contributed by atoms with Crippen LogP contribution in [0.1, 0.15) is 34.1 Å². The zero-order chi connectivity index (χ0) is 12.7. The monoisotopic (exact) mass is 231 g/mol. The molecule has 94 valence electrons. The van der Waals surface area contributed by atoms with Gasteiger partial charge < -0.3 is 15.2 Å². The fourth-order valence-electron chi connectivity index (χ4n) is 1.14. The summed E-state index contributed by atoms with van der Waals surface area (Å²) in [6.45, 7) is 6.81. The first kappa shape index (κ1) is 14.9. The highest BCUT2D eigenvalue weighted by molar-refractivity contribution is 5.83. The van der Waals surface area contributed by atoms with Crippen molar-refractivity contribution in [3.63, 3.8) is 0 Å². The lowest BCUT2D eigenvalue weighted by Crippen LogP contribution is -2.44. The van der Waals surface area contributed by atoms with E-state index < -0.39 is 18.1 Å². The number of aliphatic hydroxyl groups is 1. The van der Waals surface area contributed by atoms with Crippen LogP contribution in [0, 0.1) is 5.92 Å². The van der Waals surface area contributed by atoms with Gasteiger partial charge in [-0.15, -0.1) is 0 Å². The molecule has 0 saturated heterocycles. The lowest BCUT2D eigenvalue weighted by molar-refractivity contribution is -0.149. The van der Waals surface area contributed by atoms with Crippen molar-refractivity contribution < 1.29 is 19.4 Å². The number of esters is 1. The number of ether oxygens (including phenoxy) is 1. The smallest absolute Gasteiger partial charge is 0.328 e. The van der Waals surface area contributed by atoms with Gasteiger partial charge in [-0.2, -0.15) is 0 Å². The molecule has 0 spiro atoms. The van der Waals surface area contributed by atoms with Gasteiger partial charge in [0, 0.05) is 13.3 Å². The maximum atomic E-state index is 11.6. The topological polar surface area (TPSA) is 75.6 Å². The number of hydrogen-bond donors (Lipinski definition) is 2. The van der Waals surface area contributed by atoms with E-state index in [-0.39, 0.29) is 18.4 Å². The number of nitrogens with one attached hydrogen (secondary N) is 1. The van der Waals surface area contributed by atoms with E-state index in [9.17, 15) is 9.59 Å². The normalized spacial score (nSPS) is 14.4. The van der Waals surface area contributed by atoms with Gasteiger partial charge in [-0.25, -0.2) is 4.79 Å². The summed E-state index contributed by atoms with van der Waals surface area (Å²) in [5, 5.41) is 11.5. The second kappa shape index (κ2) is 7.22. The van der Waals surface area contributed by atoms with Crippen LogP contribution < -0.4 is 5.32 Å². The van der Waals surface area contributed by atoms with Crippen molar-refractivity contribution in [1.29, 1.82) is 0 Å². The third-order valence-corrected chi connectivity index (χ3v) is 2.06. The van der Waals surface area contributed by atoms with E-state index in [4.69, 9.17) is 9.84 Å². The highest BCUT2D eigenvalue weighted by Gasteiger charge is 2.24. The van der Waals surface area contributed by atoms with Crippen molar-refractivity contribution in [2.45, 2.75) is 46.3 Å². The maximum absolute atomic E-state index is 11.6. The van der Waals surface area contributed by atoms with Crippen LogP contribution in [0.15, 0.2) is 0 Å². The Hall–Kier alpha value is -1.10. The Labute approximate surface area is 96.2 Å². The molecule has 0 bridgehead atoms. The number of carbonyl (C=O) groups excluding carboxylic acids is 2. The third-order valence-electron chi connectivity index (χ3n) is 2.06. The Balaban J connectivity index is 4.12. The Bertz CT molecular complexity index is 238. The van der Waals surface area contributed by atoms with E-state index in [2.05, 4.69) is 5.32 Å². The molecule has 0 aromatic carbocycles. The van der Waals surface area contributed by atoms with E-state index in [1.807, 2.05) is 13.8 Å². The Morgan fingerprint density at radius 2 is 1.88 bits per heavy atom. The lowest BCUT2D eigenvalue weighted by atomic mass is 10.0. The summed E-state index contributed by atoms with van der Waals surface area (Å²) >= 11 is 0. The summed E-state index contributed by atoms with van der Waals surface area (Å²) in [5.74, 6) is -0.736. The zero-order valence-corrected chi connectivity index (χ0v) is 10.3. The highest BCUT2D eigenvalue weighted by atomic mass is 16.5. The highest BCUT2D eigenvalue weighted by Crippen LogP contribution is 2.04. The number of amides is 1. The van der Waals surface area contributed by atoms with Gasteiger partial charge in [0.05, 0.1) is 12.7 Å². The largest absolute Gasteiger partial charge is 0.464 e. The molecule has 16 heavy (non-hydrogen) atoms. The van der Waals surface area contributed by atoms with Gasteiger partial charge in [-0.05, 0) is 12.8 Å². The second-order valence-corrected chi connectivity index (χ2v) is 4.23. The summed E-state index contributed by atoms with van der Waals surface area (Å²) in [4.78, 5) is 22.5. The minimum Gasteiger partial charge on any atom is -0.464 e. The average molecular weight is 231 g/mol. The van der Waals surface area contributed by atoms with Crippen LogP contribution in [0.25, 0.3) is 0 Å². The summed E-state index contributed by atoms with van der Waals surface area (Å²) in [5.41, 5.74) is 0. The van der Waals surface area contributed by atoms with Gasteiger partial charge in [0.1, 0.15) is 6.04 Å². The number of hydrogen-bond acceptors (Lipinski definition) is 4. The molecule has 2 unspecified atom stereocenters. The quantitative estimate of drug-likeness (QED) is 0.651. The Morgan fingerprint density at radius 3 is 2.25 bits per heavy atom. The van der Waals surface area contributed by atoms with Crippen LogP contribution >= 0.6 is 0 Å². The van der Waals surface area contributed by atoms with Crippen LogP contribution in [-0.2, 0) is 14.3 Å². The minimum atomic E-state index is -0.619. The molecule has 5 nitrogen and oxygen atoms in total. The predicted molar refractivity (Wildman–Crippen MR) is 59.7 cm³/mol. The van der Waals surface area contributed by atoms with Crippen LogP contribution in [0.3, 0.4) is 0 Å².